The molecule has 4 unspecified atom stereocenters. The van der Waals surface area contributed by atoms with E-state index in [0.29, 0.717) is 87.5 Å². The highest BCUT2D eigenvalue weighted by atomic mass is 16.6. The number of aliphatic hydroxyl groups excluding tert-OH is 4. The first-order chi connectivity index (χ1) is 23.5. The SMILES string of the molecule is CC(C)(C)OC(=O)N(CCCCN(CCCN1C(O)Nc2ccccc2C1O)C(=O)OC(C)(C)C)CCCN1C(O)Nc2ccccc2C1O. The van der Waals surface area contributed by atoms with E-state index in [2.05, 4.69) is 10.6 Å². The molecule has 0 saturated carbocycles. The molecule has 4 rings (SSSR count). The van der Waals surface area contributed by atoms with Crippen LogP contribution in [0, 0.1) is 0 Å². The van der Waals surface area contributed by atoms with Gasteiger partial charge in [0, 0.05) is 61.8 Å². The minimum Gasteiger partial charge on any atom is -0.444 e. The molecule has 2 aliphatic rings. The van der Waals surface area contributed by atoms with E-state index < -0.39 is 48.5 Å². The zero-order valence-electron chi connectivity index (χ0n) is 30.2. The third-order valence-electron chi connectivity index (χ3n) is 8.40. The van der Waals surface area contributed by atoms with Crippen molar-refractivity contribution < 1.29 is 39.5 Å². The van der Waals surface area contributed by atoms with Crippen molar-refractivity contribution in [1.82, 2.24) is 19.6 Å². The van der Waals surface area contributed by atoms with E-state index in [9.17, 15) is 30.0 Å². The normalized spacial score (nSPS) is 20.9. The fourth-order valence-electron chi connectivity index (χ4n) is 6.00. The van der Waals surface area contributed by atoms with Crippen LogP contribution in [0.1, 0.15) is 90.8 Å². The number of carbonyl (C=O) groups is 2. The lowest BCUT2D eigenvalue weighted by molar-refractivity contribution is -0.0991. The number of benzene rings is 2. The Labute approximate surface area is 295 Å². The second-order valence-corrected chi connectivity index (χ2v) is 14.8. The molecule has 278 valence electrons. The Morgan fingerprint density at radius 3 is 1.32 bits per heavy atom. The van der Waals surface area contributed by atoms with Crippen molar-refractivity contribution in [1.29, 1.82) is 0 Å². The summed E-state index contributed by atoms with van der Waals surface area (Å²) >= 11 is 0. The molecular weight excluding hydrogens is 644 g/mol. The highest BCUT2D eigenvalue weighted by molar-refractivity contribution is 5.68. The molecule has 0 aliphatic carbocycles. The number of carbonyl (C=O) groups excluding carboxylic acids is 2. The maximum absolute atomic E-state index is 13.2. The Morgan fingerprint density at radius 1 is 0.620 bits per heavy atom. The van der Waals surface area contributed by atoms with Gasteiger partial charge in [-0.3, -0.25) is 0 Å². The molecule has 0 fully saturated rings. The van der Waals surface area contributed by atoms with Gasteiger partial charge in [-0.25, -0.2) is 19.4 Å². The summed E-state index contributed by atoms with van der Waals surface area (Å²) in [6, 6.07) is 14.5. The molecule has 14 nitrogen and oxygen atoms in total. The van der Waals surface area contributed by atoms with Crippen LogP contribution in [-0.4, -0.2) is 115 Å². The number of nitrogens with one attached hydrogen (secondary N) is 2. The number of anilines is 2. The maximum atomic E-state index is 13.2. The van der Waals surface area contributed by atoms with Crippen LogP contribution >= 0.6 is 0 Å². The average Bonchev–Trinajstić information content (AvgIpc) is 3.02. The van der Waals surface area contributed by atoms with Gasteiger partial charge in [0.1, 0.15) is 23.7 Å². The summed E-state index contributed by atoms with van der Waals surface area (Å²) in [5.41, 5.74) is 1.29. The second kappa shape index (κ2) is 17.0. The lowest BCUT2D eigenvalue weighted by atomic mass is 10.1. The zero-order chi connectivity index (χ0) is 36.6. The molecule has 0 aromatic heterocycles. The van der Waals surface area contributed by atoms with Gasteiger partial charge < -0.3 is 50.3 Å². The van der Waals surface area contributed by atoms with Crippen LogP contribution in [-0.2, 0) is 9.47 Å². The van der Waals surface area contributed by atoms with Crippen molar-refractivity contribution in [2.24, 2.45) is 0 Å². The van der Waals surface area contributed by atoms with E-state index in [0.717, 1.165) is 0 Å². The van der Waals surface area contributed by atoms with Gasteiger partial charge in [0.25, 0.3) is 0 Å². The van der Waals surface area contributed by atoms with E-state index in [4.69, 9.17) is 9.47 Å². The zero-order valence-corrected chi connectivity index (χ0v) is 30.2. The van der Waals surface area contributed by atoms with Gasteiger partial charge in [0.2, 0.25) is 0 Å². The molecule has 0 spiro atoms. The molecular formula is C36H56N6O8. The number of ether oxygens (including phenoxy) is 2. The first-order valence-corrected chi connectivity index (χ1v) is 17.4. The smallest absolute Gasteiger partial charge is 0.410 e. The van der Waals surface area contributed by atoms with Gasteiger partial charge in [-0.1, -0.05) is 36.4 Å². The molecule has 2 aliphatic heterocycles. The van der Waals surface area contributed by atoms with Crippen molar-refractivity contribution in [3.63, 3.8) is 0 Å². The van der Waals surface area contributed by atoms with E-state index in [1.54, 1.807) is 34.1 Å². The van der Waals surface area contributed by atoms with E-state index in [1.165, 1.54) is 9.80 Å². The highest BCUT2D eigenvalue weighted by Gasteiger charge is 2.33. The van der Waals surface area contributed by atoms with Gasteiger partial charge in [0.05, 0.1) is 0 Å². The van der Waals surface area contributed by atoms with Gasteiger partial charge in [0.15, 0.2) is 12.7 Å². The quantitative estimate of drug-likeness (QED) is 0.163. The summed E-state index contributed by atoms with van der Waals surface area (Å²) in [7, 11) is 0. The minimum absolute atomic E-state index is 0.316. The summed E-state index contributed by atoms with van der Waals surface area (Å²) in [5, 5.41) is 49.1. The summed E-state index contributed by atoms with van der Waals surface area (Å²) in [6.07, 6.45) is -2.99. The third kappa shape index (κ3) is 10.9. The van der Waals surface area contributed by atoms with Crippen molar-refractivity contribution >= 4 is 23.6 Å². The number of para-hydroxylation sites is 2. The topological polar surface area (TPSA) is 171 Å². The molecule has 2 amide bonds. The predicted octanol–water partition coefficient (Wildman–Crippen LogP) is 4.41. The molecule has 0 saturated heterocycles. The lowest BCUT2D eigenvalue weighted by Gasteiger charge is -2.39. The van der Waals surface area contributed by atoms with Crippen LogP contribution < -0.4 is 10.6 Å². The fourth-order valence-corrected chi connectivity index (χ4v) is 6.00. The van der Waals surface area contributed by atoms with Crippen molar-refractivity contribution in [2.45, 2.75) is 104 Å². The number of rotatable bonds is 13. The summed E-state index contributed by atoms with van der Waals surface area (Å²) in [5.74, 6) is 0. The van der Waals surface area contributed by atoms with Gasteiger partial charge in [-0.15, -0.1) is 0 Å². The number of fused-ring (bicyclic) bond motifs is 2. The Kier molecular flexibility index (Phi) is 13.3. The number of hydrogen-bond donors (Lipinski definition) is 6. The number of unbranched alkanes of at least 4 members (excludes halogenated alkanes) is 1. The Hall–Kier alpha value is -3.66. The van der Waals surface area contributed by atoms with Crippen molar-refractivity contribution in [3.05, 3.63) is 59.7 Å². The summed E-state index contributed by atoms with van der Waals surface area (Å²) in [6.45, 7) is 12.9. The van der Waals surface area contributed by atoms with Crippen LogP contribution in [0.25, 0.3) is 0 Å². The molecule has 14 heteroatoms. The Bertz CT molecular complexity index is 1310. The van der Waals surface area contributed by atoms with Crippen LogP contribution in [0.2, 0.25) is 0 Å². The molecule has 0 radical (unpaired) electrons. The maximum Gasteiger partial charge on any atom is 0.410 e. The Morgan fingerprint density at radius 2 is 0.960 bits per heavy atom. The number of aliphatic hydroxyl groups is 4. The second-order valence-electron chi connectivity index (χ2n) is 14.8. The van der Waals surface area contributed by atoms with E-state index >= 15 is 0 Å². The molecule has 50 heavy (non-hydrogen) atoms. The predicted molar refractivity (Wildman–Crippen MR) is 190 cm³/mol. The van der Waals surface area contributed by atoms with Gasteiger partial charge in [-0.2, -0.15) is 0 Å². The third-order valence-corrected chi connectivity index (χ3v) is 8.40. The largest absolute Gasteiger partial charge is 0.444 e. The monoisotopic (exact) mass is 700 g/mol. The summed E-state index contributed by atoms with van der Waals surface area (Å²) in [4.78, 5) is 32.7. The molecule has 2 aromatic carbocycles. The van der Waals surface area contributed by atoms with Gasteiger partial charge in [-0.05, 0) is 79.4 Å². The number of hydrogen-bond acceptors (Lipinski definition) is 12. The molecule has 2 aromatic rings. The molecule has 4 atom stereocenters. The first-order valence-electron chi connectivity index (χ1n) is 17.4. The average molecular weight is 701 g/mol. The number of nitrogens with zero attached hydrogens (tertiary/aromatic N) is 4. The molecule has 6 N–H and O–H groups in total. The van der Waals surface area contributed by atoms with Crippen molar-refractivity contribution in [3.8, 4) is 0 Å². The minimum atomic E-state index is -1.08. The van der Waals surface area contributed by atoms with Crippen LogP contribution in [0.3, 0.4) is 0 Å². The van der Waals surface area contributed by atoms with Gasteiger partial charge >= 0.3 is 12.2 Å². The van der Waals surface area contributed by atoms with Crippen LogP contribution in [0.5, 0.6) is 0 Å². The first kappa shape index (κ1) is 39.1. The highest BCUT2D eigenvalue weighted by Crippen LogP contribution is 2.33. The lowest BCUT2D eigenvalue weighted by Crippen LogP contribution is -2.48. The number of amides is 2. The van der Waals surface area contributed by atoms with E-state index in [1.807, 2.05) is 65.8 Å². The van der Waals surface area contributed by atoms with Crippen LogP contribution in [0.4, 0.5) is 21.0 Å². The van der Waals surface area contributed by atoms with Crippen LogP contribution in [0.15, 0.2) is 48.5 Å². The Balaban J connectivity index is 1.32. The fraction of sp³-hybridized carbons (Fsp3) is 0.611. The van der Waals surface area contributed by atoms with E-state index in [-0.39, 0.29) is 0 Å². The summed E-state index contributed by atoms with van der Waals surface area (Å²) < 4.78 is 11.4. The molecule has 2 heterocycles. The van der Waals surface area contributed by atoms with Crippen molar-refractivity contribution in [2.75, 3.05) is 49.9 Å². The molecule has 0 bridgehead atoms. The standard InChI is InChI=1S/C36H56N6O8/c1-35(2,3)49-33(47)39(21-13-23-41-29(43)25-15-7-9-17-27(25)37-31(41)45)19-11-12-20-40(34(48)50-36(4,5)6)22-14-24-42-30(44)26-16-8-10-18-28(26)38-32(42)46/h7-10,15-18,29-32,37-38,43-46H,11-14,19-24H2,1-6H3.